The molecule has 0 aliphatic carbocycles. The summed E-state index contributed by atoms with van der Waals surface area (Å²) in [5.41, 5.74) is 0.340. The molecule has 0 spiro atoms. The van der Waals surface area contributed by atoms with Crippen LogP contribution in [0.2, 0.25) is 0 Å². The maximum absolute atomic E-state index is 13.4. The number of nitrogens with zero attached hydrogens (tertiary/aromatic N) is 1. The number of aliphatic carboxylic acids is 1. The quantitative estimate of drug-likeness (QED) is 0.861. The van der Waals surface area contributed by atoms with Gasteiger partial charge in [-0.05, 0) is 25.0 Å². The Labute approximate surface area is 116 Å². The first-order chi connectivity index (χ1) is 9.58. The number of benzene rings is 1. The van der Waals surface area contributed by atoms with Crippen LogP contribution in [-0.2, 0) is 9.59 Å². The van der Waals surface area contributed by atoms with Gasteiger partial charge in [0.25, 0.3) is 0 Å². The van der Waals surface area contributed by atoms with Crippen molar-refractivity contribution in [1.82, 2.24) is 4.90 Å². The Balaban J connectivity index is 2.01. The minimum absolute atomic E-state index is 0.218. The minimum atomic E-state index is -0.874. The first-order valence-corrected chi connectivity index (χ1v) is 6.52. The van der Waals surface area contributed by atoms with Crippen molar-refractivity contribution in [2.24, 2.45) is 5.92 Å². The van der Waals surface area contributed by atoms with Crippen molar-refractivity contribution in [1.29, 1.82) is 0 Å². The lowest BCUT2D eigenvalue weighted by Crippen LogP contribution is -2.41. The molecule has 1 fully saturated rings. The Hall–Kier alpha value is -2.17. The minimum Gasteiger partial charge on any atom is -0.481 e. The molecular weight excluding hydrogens is 261 g/mol. The monoisotopic (exact) mass is 277 g/mol. The van der Waals surface area contributed by atoms with Crippen LogP contribution in [0.4, 0.5) is 4.39 Å². The van der Waals surface area contributed by atoms with E-state index in [1.807, 2.05) is 0 Å². The number of carbonyl (C=O) groups excluding carboxylic acids is 1. The average molecular weight is 277 g/mol. The van der Waals surface area contributed by atoms with Crippen LogP contribution < -0.4 is 0 Å². The van der Waals surface area contributed by atoms with Crippen LogP contribution in [0.1, 0.15) is 18.4 Å². The van der Waals surface area contributed by atoms with Gasteiger partial charge in [0.15, 0.2) is 0 Å². The topological polar surface area (TPSA) is 57.6 Å². The maximum Gasteiger partial charge on any atom is 0.308 e. The zero-order valence-electron chi connectivity index (χ0n) is 11.0. The van der Waals surface area contributed by atoms with Crippen LogP contribution in [0.3, 0.4) is 0 Å². The van der Waals surface area contributed by atoms with Crippen LogP contribution in [0.25, 0.3) is 6.08 Å². The van der Waals surface area contributed by atoms with Gasteiger partial charge in [0.2, 0.25) is 5.91 Å². The van der Waals surface area contributed by atoms with E-state index in [2.05, 4.69) is 0 Å². The molecule has 0 aromatic heterocycles. The van der Waals surface area contributed by atoms with Crippen LogP contribution in [0.5, 0.6) is 0 Å². The van der Waals surface area contributed by atoms with Crippen molar-refractivity contribution >= 4 is 18.0 Å². The SMILES string of the molecule is O=C(O)C1CCCN(C(=O)/C=C/c2ccccc2F)C1. The Morgan fingerprint density at radius 1 is 1.35 bits per heavy atom. The number of hydrogen-bond donors (Lipinski definition) is 1. The largest absolute Gasteiger partial charge is 0.481 e. The molecule has 1 aliphatic heterocycles. The number of carboxylic acids is 1. The highest BCUT2D eigenvalue weighted by atomic mass is 19.1. The molecular formula is C15H16FNO3. The molecule has 5 heteroatoms. The smallest absolute Gasteiger partial charge is 0.308 e. The second kappa shape index (κ2) is 6.32. The molecule has 0 bridgehead atoms. The summed E-state index contributed by atoms with van der Waals surface area (Å²) >= 11 is 0. The third-order valence-electron chi connectivity index (χ3n) is 3.39. The van der Waals surface area contributed by atoms with E-state index < -0.39 is 17.7 Å². The number of carboxylic acid groups (broad SMARTS) is 1. The van der Waals surface area contributed by atoms with Crippen LogP contribution in [0, 0.1) is 11.7 Å². The summed E-state index contributed by atoms with van der Waals surface area (Å²) in [4.78, 5) is 24.4. The fraction of sp³-hybridized carbons (Fsp3) is 0.333. The fourth-order valence-electron chi connectivity index (χ4n) is 2.26. The van der Waals surface area contributed by atoms with Gasteiger partial charge in [-0.2, -0.15) is 0 Å². The van der Waals surface area contributed by atoms with Crippen LogP contribution >= 0.6 is 0 Å². The standard InChI is InChI=1S/C15H16FNO3/c16-13-6-2-1-4-11(13)7-8-14(18)17-9-3-5-12(10-17)15(19)20/h1-2,4,6-8,12H,3,5,9-10H2,(H,19,20)/b8-7+. The predicted molar refractivity (Wildman–Crippen MR) is 72.4 cm³/mol. The van der Waals surface area contributed by atoms with E-state index in [1.54, 1.807) is 18.2 Å². The average Bonchev–Trinajstić information content (AvgIpc) is 2.46. The number of halogens is 1. The van der Waals surface area contributed by atoms with E-state index in [4.69, 9.17) is 5.11 Å². The summed E-state index contributed by atoms with van der Waals surface area (Å²) in [5.74, 6) is -2.05. The third kappa shape index (κ3) is 3.44. The normalized spacial score (nSPS) is 19.2. The van der Waals surface area contributed by atoms with E-state index in [0.29, 0.717) is 24.9 Å². The summed E-state index contributed by atoms with van der Waals surface area (Å²) in [6, 6.07) is 6.17. The van der Waals surface area contributed by atoms with E-state index in [1.165, 1.54) is 23.1 Å². The number of rotatable bonds is 3. The number of piperidine rings is 1. The lowest BCUT2D eigenvalue weighted by Gasteiger charge is -2.29. The molecule has 20 heavy (non-hydrogen) atoms. The van der Waals surface area contributed by atoms with Gasteiger partial charge in [0.1, 0.15) is 5.82 Å². The van der Waals surface area contributed by atoms with Gasteiger partial charge in [-0.1, -0.05) is 18.2 Å². The van der Waals surface area contributed by atoms with Gasteiger partial charge >= 0.3 is 5.97 Å². The van der Waals surface area contributed by atoms with Gasteiger partial charge < -0.3 is 10.0 Å². The molecule has 1 aromatic carbocycles. The lowest BCUT2D eigenvalue weighted by molar-refractivity contribution is -0.144. The molecule has 4 nitrogen and oxygen atoms in total. The molecule has 1 atom stereocenters. The van der Waals surface area contributed by atoms with Gasteiger partial charge in [-0.3, -0.25) is 9.59 Å². The second-order valence-corrected chi connectivity index (χ2v) is 4.82. The van der Waals surface area contributed by atoms with Gasteiger partial charge in [0, 0.05) is 24.7 Å². The lowest BCUT2D eigenvalue weighted by atomic mass is 9.98. The highest BCUT2D eigenvalue weighted by Gasteiger charge is 2.27. The van der Waals surface area contributed by atoms with E-state index in [9.17, 15) is 14.0 Å². The van der Waals surface area contributed by atoms with Crippen molar-refractivity contribution in [2.45, 2.75) is 12.8 Å². The Bertz CT molecular complexity index is 542. The number of hydrogen-bond acceptors (Lipinski definition) is 2. The zero-order valence-corrected chi connectivity index (χ0v) is 11.0. The van der Waals surface area contributed by atoms with Crippen molar-refractivity contribution in [3.63, 3.8) is 0 Å². The van der Waals surface area contributed by atoms with Crippen LogP contribution in [-0.4, -0.2) is 35.0 Å². The van der Waals surface area contributed by atoms with E-state index in [-0.39, 0.29) is 12.5 Å². The molecule has 1 N–H and O–H groups in total. The zero-order chi connectivity index (χ0) is 14.5. The first-order valence-electron chi connectivity index (χ1n) is 6.52. The molecule has 1 aromatic rings. The fourth-order valence-corrected chi connectivity index (χ4v) is 2.26. The summed E-state index contributed by atoms with van der Waals surface area (Å²) < 4.78 is 13.4. The molecule has 1 unspecified atom stereocenters. The highest BCUT2D eigenvalue weighted by Crippen LogP contribution is 2.17. The van der Waals surface area contributed by atoms with Crippen molar-refractivity contribution in [2.75, 3.05) is 13.1 Å². The molecule has 106 valence electrons. The number of likely N-dealkylation sites (tertiary alicyclic amines) is 1. The highest BCUT2D eigenvalue weighted by molar-refractivity contribution is 5.92. The molecule has 1 heterocycles. The molecule has 0 saturated carbocycles. The van der Waals surface area contributed by atoms with E-state index in [0.717, 1.165) is 0 Å². The summed E-state index contributed by atoms with van der Waals surface area (Å²) in [7, 11) is 0. The Morgan fingerprint density at radius 3 is 2.80 bits per heavy atom. The van der Waals surface area contributed by atoms with Gasteiger partial charge in [0.05, 0.1) is 5.92 Å². The van der Waals surface area contributed by atoms with Gasteiger partial charge in [-0.15, -0.1) is 0 Å². The maximum atomic E-state index is 13.4. The molecule has 0 radical (unpaired) electrons. The summed E-state index contributed by atoms with van der Waals surface area (Å²) in [5, 5.41) is 8.98. The molecule has 1 amide bonds. The van der Waals surface area contributed by atoms with Crippen molar-refractivity contribution < 1.29 is 19.1 Å². The first kappa shape index (κ1) is 14.2. The Morgan fingerprint density at radius 2 is 2.10 bits per heavy atom. The second-order valence-electron chi connectivity index (χ2n) is 4.82. The number of carbonyl (C=O) groups is 2. The van der Waals surface area contributed by atoms with Crippen molar-refractivity contribution in [3.05, 3.63) is 41.7 Å². The van der Waals surface area contributed by atoms with Crippen LogP contribution in [0.15, 0.2) is 30.3 Å². The Kier molecular flexibility index (Phi) is 4.50. The predicted octanol–water partition coefficient (Wildman–Crippen LogP) is 2.16. The summed E-state index contributed by atoms with van der Waals surface area (Å²) in [6.07, 6.45) is 3.98. The molecule has 1 aliphatic rings. The molecule has 2 rings (SSSR count). The molecule has 1 saturated heterocycles. The van der Waals surface area contributed by atoms with Gasteiger partial charge in [-0.25, -0.2) is 4.39 Å². The van der Waals surface area contributed by atoms with Crippen molar-refractivity contribution in [3.8, 4) is 0 Å². The number of amides is 1. The third-order valence-corrected chi connectivity index (χ3v) is 3.39. The van der Waals surface area contributed by atoms with E-state index >= 15 is 0 Å². The summed E-state index contributed by atoms with van der Waals surface area (Å²) in [6.45, 7) is 0.764.